The van der Waals surface area contributed by atoms with Gasteiger partial charge < -0.3 is 9.47 Å². The first kappa shape index (κ1) is 14.1. The summed E-state index contributed by atoms with van der Waals surface area (Å²) >= 11 is 0. The molecule has 2 aromatic rings. The molecule has 0 spiro atoms. The summed E-state index contributed by atoms with van der Waals surface area (Å²) in [5.74, 6) is 0.779. The molecule has 0 saturated heterocycles. The molecular formula is C15H18N2O3. The molecule has 1 atom stereocenters. The van der Waals surface area contributed by atoms with Crippen molar-refractivity contribution in [1.82, 2.24) is 10.2 Å². The number of hydrogen-bond acceptors (Lipinski definition) is 4. The fourth-order valence-electron chi connectivity index (χ4n) is 2.07. The second-order valence-electron chi connectivity index (χ2n) is 4.45. The zero-order chi connectivity index (χ0) is 14.4. The second-order valence-corrected chi connectivity index (χ2v) is 4.45. The van der Waals surface area contributed by atoms with Gasteiger partial charge in [0.2, 0.25) is 0 Å². The molecule has 0 bridgehead atoms. The zero-order valence-corrected chi connectivity index (χ0v) is 11.6. The number of nitrogens with zero attached hydrogens (tertiary/aromatic N) is 1. The number of H-pyrrole nitrogens is 1. The van der Waals surface area contributed by atoms with Crippen molar-refractivity contribution in [2.24, 2.45) is 0 Å². The lowest BCUT2D eigenvalue weighted by atomic mass is 10.1. The maximum atomic E-state index is 10.4. The first-order chi connectivity index (χ1) is 9.78. The minimum absolute atomic E-state index is 0.126. The molecule has 1 unspecified atom stereocenters. The van der Waals surface area contributed by atoms with Crippen LogP contribution in [0.5, 0.6) is 5.75 Å². The highest BCUT2D eigenvalue weighted by atomic mass is 16.5. The van der Waals surface area contributed by atoms with Crippen LogP contribution in [0, 0.1) is 0 Å². The number of ether oxygens (including phenoxy) is 2. The number of carbonyl (C=O) groups is 1. The molecular weight excluding hydrogens is 256 g/mol. The van der Waals surface area contributed by atoms with Crippen LogP contribution in [-0.2, 0) is 16.0 Å². The second kappa shape index (κ2) is 6.75. The standard InChI is InChI=1S/C15H18N2O3/c1-3-12(20-10-18)8-11-9-14(17-16-11)13-6-4-5-7-15(13)19-2/h4-7,9-10,12H,3,8H2,1-2H3,(H,16,17). The van der Waals surface area contributed by atoms with E-state index in [1.165, 1.54) is 0 Å². The molecule has 0 fully saturated rings. The molecule has 1 aromatic heterocycles. The number of methoxy groups -OCH3 is 1. The molecule has 0 radical (unpaired) electrons. The molecule has 5 nitrogen and oxygen atoms in total. The lowest BCUT2D eigenvalue weighted by Gasteiger charge is -2.10. The predicted octanol–water partition coefficient (Wildman–Crippen LogP) is 2.58. The Kier molecular flexibility index (Phi) is 4.76. The van der Waals surface area contributed by atoms with Crippen LogP contribution in [0.25, 0.3) is 11.3 Å². The number of nitrogens with one attached hydrogen (secondary N) is 1. The van der Waals surface area contributed by atoms with E-state index in [1.54, 1.807) is 7.11 Å². The highest BCUT2D eigenvalue weighted by Gasteiger charge is 2.13. The molecule has 1 N–H and O–H groups in total. The molecule has 1 heterocycles. The van der Waals surface area contributed by atoms with Gasteiger partial charge in [0.1, 0.15) is 11.9 Å². The van der Waals surface area contributed by atoms with Gasteiger partial charge in [-0.15, -0.1) is 0 Å². The smallest absolute Gasteiger partial charge is 0.293 e. The zero-order valence-electron chi connectivity index (χ0n) is 11.6. The van der Waals surface area contributed by atoms with E-state index in [4.69, 9.17) is 9.47 Å². The van der Waals surface area contributed by atoms with E-state index in [0.717, 1.165) is 29.1 Å². The van der Waals surface area contributed by atoms with E-state index in [1.807, 2.05) is 37.3 Å². The molecule has 2 rings (SSSR count). The van der Waals surface area contributed by atoms with Gasteiger partial charge in [0.25, 0.3) is 6.47 Å². The van der Waals surface area contributed by atoms with E-state index < -0.39 is 0 Å². The molecule has 0 aliphatic rings. The fourth-order valence-corrected chi connectivity index (χ4v) is 2.07. The highest BCUT2D eigenvalue weighted by molar-refractivity contribution is 5.67. The number of carbonyl (C=O) groups excluding carboxylic acids is 1. The number of para-hydroxylation sites is 1. The van der Waals surface area contributed by atoms with Gasteiger partial charge >= 0.3 is 0 Å². The Bertz CT molecular complexity index is 566. The van der Waals surface area contributed by atoms with Gasteiger partial charge in [-0.05, 0) is 24.6 Å². The molecule has 0 amide bonds. The molecule has 0 saturated carbocycles. The van der Waals surface area contributed by atoms with E-state index in [2.05, 4.69) is 10.2 Å². The van der Waals surface area contributed by atoms with Gasteiger partial charge in [-0.2, -0.15) is 5.10 Å². The van der Waals surface area contributed by atoms with Crippen molar-refractivity contribution in [3.05, 3.63) is 36.0 Å². The van der Waals surface area contributed by atoms with Crippen molar-refractivity contribution in [3.63, 3.8) is 0 Å². The summed E-state index contributed by atoms with van der Waals surface area (Å²) in [4.78, 5) is 10.4. The lowest BCUT2D eigenvalue weighted by molar-refractivity contribution is -0.133. The van der Waals surface area contributed by atoms with Crippen LogP contribution in [0.4, 0.5) is 0 Å². The summed E-state index contributed by atoms with van der Waals surface area (Å²) in [6.45, 7) is 2.47. The molecule has 20 heavy (non-hydrogen) atoms. The van der Waals surface area contributed by atoms with E-state index in [9.17, 15) is 4.79 Å². The van der Waals surface area contributed by atoms with Gasteiger partial charge in [0.15, 0.2) is 0 Å². The van der Waals surface area contributed by atoms with E-state index in [0.29, 0.717) is 12.9 Å². The van der Waals surface area contributed by atoms with Gasteiger partial charge in [-0.25, -0.2) is 0 Å². The molecule has 1 aromatic carbocycles. The van der Waals surface area contributed by atoms with Crippen LogP contribution >= 0.6 is 0 Å². The molecule has 5 heteroatoms. The Labute approximate surface area is 117 Å². The minimum Gasteiger partial charge on any atom is -0.496 e. The Morgan fingerprint density at radius 1 is 1.40 bits per heavy atom. The number of aromatic amines is 1. The van der Waals surface area contributed by atoms with Crippen molar-refractivity contribution in [3.8, 4) is 17.0 Å². The summed E-state index contributed by atoms with van der Waals surface area (Å²) in [6, 6.07) is 9.66. The van der Waals surface area contributed by atoms with E-state index >= 15 is 0 Å². The molecule has 0 aliphatic carbocycles. The lowest BCUT2D eigenvalue weighted by Crippen LogP contribution is -2.14. The molecule has 106 valence electrons. The van der Waals surface area contributed by atoms with E-state index in [-0.39, 0.29) is 6.10 Å². The Morgan fingerprint density at radius 3 is 2.90 bits per heavy atom. The van der Waals surface area contributed by atoms with Crippen molar-refractivity contribution < 1.29 is 14.3 Å². The number of rotatable bonds is 7. The summed E-state index contributed by atoms with van der Waals surface area (Å²) in [7, 11) is 1.64. The number of benzene rings is 1. The van der Waals surface area contributed by atoms with Crippen molar-refractivity contribution in [2.45, 2.75) is 25.9 Å². The minimum atomic E-state index is -0.126. The largest absolute Gasteiger partial charge is 0.496 e. The maximum absolute atomic E-state index is 10.4. The van der Waals surface area contributed by atoms with Crippen molar-refractivity contribution in [1.29, 1.82) is 0 Å². The topological polar surface area (TPSA) is 64.2 Å². The summed E-state index contributed by atoms with van der Waals surface area (Å²) < 4.78 is 10.3. The first-order valence-corrected chi connectivity index (χ1v) is 6.55. The third-order valence-electron chi connectivity index (χ3n) is 3.16. The van der Waals surface area contributed by atoms with Crippen molar-refractivity contribution in [2.75, 3.05) is 7.11 Å². The normalized spacial score (nSPS) is 11.9. The van der Waals surface area contributed by atoms with Crippen LogP contribution < -0.4 is 4.74 Å². The maximum Gasteiger partial charge on any atom is 0.293 e. The summed E-state index contributed by atoms with van der Waals surface area (Å²) in [6.07, 6.45) is 1.26. The Morgan fingerprint density at radius 2 is 2.20 bits per heavy atom. The van der Waals surface area contributed by atoms with Gasteiger partial charge in [0.05, 0.1) is 12.8 Å². The highest BCUT2D eigenvalue weighted by Crippen LogP contribution is 2.28. The van der Waals surface area contributed by atoms with Gasteiger partial charge in [-0.3, -0.25) is 9.89 Å². The fraction of sp³-hybridized carbons (Fsp3) is 0.333. The number of hydrogen-bond donors (Lipinski definition) is 1. The summed E-state index contributed by atoms with van der Waals surface area (Å²) in [5, 5.41) is 7.27. The average molecular weight is 274 g/mol. The SMILES string of the molecule is CCC(Cc1cc(-c2ccccc2OC)n[nH]1)OC=O. The average Bonchev–Trinajstić information content (AvgIpc) is 2.95. The summed E-state index contributed by atoms with van der Waals surface area (Å²) in [5.41, 5.74) is 2.68. The van der Waals surface area contributed by atoms with Gasteiger partial charge in [0, 0.05) is 17.7 Å². The first-order valence-electron chi connectivity index (χ1n) is 6.55. The number of aromatic nitrogens is 2. The van der Waals surface area contributed by atoms with Crippen LogP contribution in [0.3, 0.4) is 0 Å². The third kappa shape index (κ3) is 3.17. The monoisotopic (exact) mass is 274 g/mol. The van der Waals surface area contributed by atoms with Crippen LogP contribution in [0.2, 0.25) is 0 Å². The predicted molar refractivity (Wildman–Crippen MR) is 75.5 cm³/mol. The van der Waals surface area contributed by atoms with Crippen LogP contribution in [0.15, 0.2) is 30.3 Å². The molecule has 0 aliphatic heterocycles. The quantitative estimate of drug-likeness (QED) is 0.788. The third-order valence-corrected chi connectivity index (χ3v) is 3.16. The van der Waals surface area contributed by atoms with Gasteiger partial charge in [-0.1, -0.05) is 19.1 Å². The van der Waals surface area contributed by atoms with Crippen molar-refractivity contribution >= 4 is 6.47 Å². The Hall–Kier alpha value is -2.30. The van der Waals surface area contributed by atoms with Crippen LogP contribution in [0.1, 0.15) is 19.0 Å². The Balaban J connectivity index is 2.18. The van der Waals surface area contributed by atoms with Crippen LogP contribution in [-0.4, -0.2) is 29.9 Å².